The van der Waals surface area contributed by atoms with Crippen LogP contribution in [0.25, 0.3) is 0 Å². The number of anilines is 1. The van der Waals surface area contributed by atoms with E-state index in [2.05, 4.69) is 17.2 Å². The lowest BCUT2D eigenvalue weighted by Gasteiger charge is -2.10. The molecule has 1 atom stereocenters. The summed E-state index contributed by atoms with van der Waals surface area (Å²) in [5, 5.41) is 2.63. The third-order valence-corrected chi connectivity index (χ3v) is 2.78. The van der Waals surface area contributed by atoms with Crippen LogP contribution in [-0.2, 0) is 9.53 Å². The maximum absolute atomic E-state index is 13.7. The Labute approximate surface area is 111 Å². The van der Waals surface area contributed by atoms with Crippen molar-refractivity contribution in [2.45, 2.75) is 18.9 Å². The fourth-order valence-corrected chi connectivity index (χ4v) is 1.85. The van der Waals surface area contributed by atoms with Crippen LogP contribution in [-0.4, -0.2) is 25.2 Å². The lowest BCUT2D eigenvalue weighted by Crippen LogP contribution is -2.26. The predicted octanol–water partition coefficient (Wildman–Crippen LogP) is 1.25. The third-order valence-electron chi connectivity index (χ3n) is 2.78. The van der Waals surface area contributed by atoms with E-state index in [-0.39, 0.29) is 18.0 Å². The van der Waals surface area contributed by atoms with Gasteiger partial charge in [-0.3, -0.25) is 4.79 Å². The van der Waals surface area contributed by atoms with E-state index < -0.39 is 11.9 Å². The molecule has 1 aromatic rings. The molecule has 1 heterocycles. The number of ether oxygens (including phenoxy) is 1. The summed E-state index contributed by atoms with van der Waals surface area (Å²) in [6.45, 7) is 0.775. The fraction of sp³-hybridized carbons (Fsp3) is 0.357. The molecule has 1 amide bonds. The number of amides is 1. The van der Waals surface area contributed by atoms with E-state index in [1.165, 1.54) is 12.1 Å². The Morgan fingerprint density at radius 3 is 3.05 bits per heavy atom. The second kappa shape index (κ2) is 6.32. The average Bonchev–Trinajstić information content (AvgIpc) is 2.92. The summed E-state index contributed by atoms with van der Waals surface area (Å²) >= 11 is 0. The van der Waals surface area contributed by atoms with Crippen LogP contribution in [0.3, 0.4) is 0 Å². The standard InChI is InChI=1S/C14H15FN2O2/c15-12-9-11(6-5-10(12)3-1-7-16)17-14(18)13-4-2-8-19-13/h5-6,9,13H,2,4,7-8,16H2,(H,17,18). The van der Waals surface area contributed by atoms with Crippen LogP contribution < -0.4 is 11.1 Å². The number of halogens is 1. The summed E-state index contributed by atoms with van der Waals surface area (Å²) in [6.07, 6.45) is 1.15. The van der Waals surface area contributed by atoms with Gasteiger partial charge in [-0.15, -0.1) is 0 Å². The Morgan fingerprint density at radius 1 is 1.58 bits per heavy atom. The number of rotatable bonds is 2. The summed E-state index contributed by atoms with van der Waals surface area (Å²) < 4.78 is 18.9. The maximum Gasteiger partial charge on any atom is 0.253 e. The molecule has 1 aliphatic heterocycles. The molecule has 2 rings (SSSR count). The first kappa shape index (κ1) is 13.5. The molecule has 1 fully saturated rings. The van der Waals surface area contributed by atoms with E-state index in [4.69, 9.17) is 10.5 Å². The van der Waals surface area contributed by atoms with Gasteiger partial charge in [-0.25, -0.2) is 4.39 Å². The van der Waals surface area contributed by atoms with Gasteiger partial charge in [0.25, 0.3) is 5.91 Å². The summed E-state index contributed by atoms with van der Waals surface area (Å²) in [5.74, 6) is 4.48. The molecule has 1 saturated heterocycles. The number of hydrogen-bond acceptors (Lipinski definition) is 3. The van der Waals surface area contributed by atoms with Crippen LogP contribution in [0.4, 0.5) is 10.1 Å². The number of nitrogens with two attached hydrogens (primary N) is 1. The monoisotopic (exact) mass is 262 g/mol. The Bertz CT molecular complexity index is 528. The van der Waals surface area contributed by atoms with E-state index in [0.717, 1.165) is 6.42 Å². The molecule has 19 heavy (non-hydrogen) atoms. The lowest BCUT2D eigenvalue weighted by molar-refractivity contribution is -0.124. The Kier molecular flexibility index (Phi) is 4.50. The van der Waals surface area contributed by atoms with Crippen molar-refractivity contribution < 1.29 is 13.9 Å². The minimum atomic E-state index is -0.480. The zero-order valence-electron chi connectivity index (χ0n) is 10.4. The molecule has 100 valence electrons. The van der Waals surface area contributed by atoms with Crippen molar-refractivity contribution in [3.05, 3.63) is 29.6 Å². The molecule has 3 N–H and O–H groups in total. The van der Waals surface area contributed by atoms with Gasteiger partial charge in [-0.1, -0.05) is 11.8 Å². The molecule has 0 radical (unpaired) electrons. The van der Waals surface area contributed by atoms with Crippen molar-refractivity contribution in [3.8, 4) is 11.8 Å². The molecule has 0 saturated carbocycles. The van der Waals surface area contributed by atoms with E-state index in [1.54, 1.807) is 6.07 Å². The minimum Gasteiger partial charge on any atom is -0.368 e. The van der Waals surface area contributed by atoms with Gasteiger partial charge in [0.1, 0.15) is 11.9 Å². The zero-order valence-corrected chi connectivity index (χ0v) is 10.4. The van der Waals surface area contributed by atoms with Crippen LogP contribution >= 0.6 is 0 Å². The molecule has 0 bridgehead atoms. The van der Waals surface area contributed by atoms with Crippen LogP contribution in [0.15, 0.2) is 18.2 Å². The first-order valence-electron chi connectivity index (χ1n) is 6.11. The highest BCUT2D eigenvalue weighted by atomic mass is 19.1. The van der Waals surface area contributed by atoms with Crippen LogP contribution in [0.1, 0.15) is 18.4 Å². The molecule has 5 heteroatoms. The molecule has 1 aromatic carbocycles. The number of carbonyl (C=O) groups excluding carboxylic acids is 1. The van der Waals surface area contributed by atoms with Gasteiger partial charge in [0.05, 0.1) is 12.1 Å². The topological polar surface area (TPSA) is 64.3 Å². The largest absolute Gasteiger partial charge is 0.368 e. The van der Waals surface area contributed by atoms with E-state index in [9.17, 15) is 9.18 Å². The molecule has 1 unspecified atom stereocenters. The first-order chi connectivity index (χ1) is 9.20. The Hall–Kier alpha value is -1.90. The van der Waals surface area contributed by atoms with Crippen LogP contribution in [0, 0.1) is 17.7 Å². The van der Waals surface area contributed by atoms with Gasteiger partial charge in [0.15, 0.2) is 0 Å². The van der Waals surface area contributed by atoms with Gasteiger partial charge in [-0.05, 0) is 31.0 Å². The van der Waals surface area contributed by atoms with Crippen LogP contribution in [0.5, 0.6) is 0 Å². The molecule has 4 nitrogen and oxygen atoms in total. The number of benzene rings is 1. The second-order valence-electron chi connectivity index (χ2n) is 4.19. The van der Waals surface area contributed by atoms with Gasteiger partial charge < -0.3 is 15.8 Å². The number of carbonyl (C=O) groups is 1. The van der Waals surface area contributed by atoms with Crippen molar-refractivity contribution in [1.29, 1.82) is 0 Å². The average molecular weight is 262 g/mol. The molecule has 0 aromatic heterocycles. The molecular formula is C14H15FN2O2. The molecular weight excluding hydrogens is 247 g/mol. The zero-order chi connectivity index (χ0) is 13.7. The van der Waals surface area contributed by atoms with Crippen molar-refractivity contribution in [2.24, 2.45) is 5.73 Å². The highest BCUT2D eigenvalue weighted by Gasteiger charge is 2.23. The summed E-state index contributed by atoms with van der Waals surface area (Å²) in [5.41, 5.74) is 5.89. The normalized spacial score (nSPS) is 17.7. The number of hydrogen-bond donors (Lipinski definition) is 2. The smallest absolute Gasteiger partial charge is 0.253 e. The molecule has 0 spiro atoms. The van der Waals surface area contributed by atoms with Gasteiger partial charge in [0.2, 0.25) is 0 Å². The SMILES string of the molecule is NCC#Cc1ccc(NC(=O)C2CCCO2)cc1F. The van der Waals surface area contributed by atoms with Gasteiger partial charge in [0, 0.05) is 12.3 Å². The summed E-state index contributed by atoms with van der Waals surface area (Å²) in [7, 11) is 0. The summed E-state index contributed by atoms with van der Waals surface area (Å²) in [6, 6.07) is 4.37. The van der Waals surface area contributed by atoms with Gasteiger partial charge in [-0.2, -0.15) is 0 Å². The third kappa shape index (κ3) is 3.53. The second-order valence-corrected chi connectivity index (χ2v) is 4.19. The fourth-order valence-electron chi connectivity index (χ4n) is 1.85. The van der Waals surface area contributed by atoms with E-state index in [1.807, 2.05) is 0 Å². The van der Waals surface area contributed by atoms with Crippen molar-refractivity contribution in [2.75, 3.05) is 18.5 Å². The van der Waals surface area contributed by atoms with Crippen molar-refractivity contribution >= 4 is 11.6 Å². The number of nitrogens with one attached hydrogen (secondary N) is 1. The molecule has 0 aliphatic carbocycles. The highest BCUT2D eigenvalue weighted by molar-refractivity contribution is 5.94. The van der Waals surface area contributed by atoms with Gasteiger partial charge >= 0.3 is 0 Å². The minimum absolute atomic E-state index is 0.178. The highest BCUT2D eigenvalue weighted by Crippen LogP contribution is 2.17. The van der Waals surface area contributed by atoms with Crippen molar-refractivity contribution in [3.63, 3.8) is 0 Å². The lowest BCUT2D eigenvalue weighted by atomic mass is 10.2. The van der Waals surface area contributed by atoms with E-state index >= 15 is 0 Å². The predicted molar refractivity (Wildman–Crippen MR) is 69.9 cm³/mol. The Balaban J connectivity index is 2.05. The van der Waals surface area contributed by atoms with Crippen molar-refractivity contribution in [1.82, 2.24) is 0 Å². The Morgan fingerprint density at radius 2 is 2.42 bits per heavy atom. The summed E-state index contributed by atoms with van der Waals surface area (Å²) in [4.78, 5) is 11.8. The van der Waals surface area contributed by atoms with E-state index in [0.29, 0.717) is 18.7 Å². The first-order valence-corrected chi connectivity index (χ1v) is 6.11. The molecule has 1 aliphatic rings. The maximum atomic E-state index is 13.7. The quantitative estimate of drug-likeness (QED) is 0.788. The van der Waals surface area contributed by atoms with Crippen LogP contribution in [0.2, 0.25) is 0 Å².